The number of rotatable bonds is 0. The first-order chi connectivity index (χ1) is 4.20. The van der Waals surface area contributed by atoms with Crippen LogP contribution in [0.2, 0.25) is 0 Å². The molecule has 0 fully saturated rings. The van der Waals surface area contributed by atoms with Crippen LogP contribution in [0.25, 0.3) is 0 Å². The third-order valence-corrected chi connectivity index (χ3v) is 1.80. The van der Waals surface area contributed by atoms with Crippen molar-refractivity contribution in [2.75, 3.05) is 0 Å². The van der Waals surface area contributed by atoms with Gasteiger partial charge in [-0.1, -0.05) is 0 Å². The van der Waals surface area contributed by atoms with Gasteiger partial charge in [0.25, 0.3) is 5.56 Å². The normalized spacial score (nSPS) is 8.50. The molecular weight excluding hydrogens is 274 g/mol. The molecule has 48 valence electrons. The molecular formula is C4H3IN2NaOS+. The minimum absolute atomic E-state index is 0. The van der Waals surface area contributed by atoms with Crippen LogP contribution in [0, 0.1) is 8.34 Å². The molecule has 0 atom stereocenters. The molecule has 0 saturated heterocycles. The summed E-state index contributed by atoms with van der Waals surface area (Å²) < 4.78 is 0.974. The van der Waals surface area contributed by atoms with Crippen LogP contribution >= 0.6 is 34.8 Å². The van der Waals surface area contributed by atoms with E-state index in [1.54, 1.807) is 6.20 Å². The standard InChI is InChI=1S/C4H3IN2OS.Na/c5-2-1-6-4(9)7-3(2)8;/h1H,(H2,6,7,8,9);/q;+1. The Morgan fingerprint density at radius 2 is 2.20 bits per heavy atom. The Kier molecular flexibility index (Phi) is 5.04. The number of nitrogens with one attached hydrogen (secondary N) is 2. The van der Waals surface area contributed by atoms with Crippen molar-refractivity contribution in [1.29, 1.82) is 0 Å². The largest absolute Gasteiger partial charge is 1.00 e. The van der Waals surface area contributed by atoms with Crippen molar-refractivity contribution >= 4 is 34.8 Å². The molecule has 6 heteroatoms. The van der Waals surface area contributed by atoms with Gasteiger partial charge in [-0.05, 0) is 34.8 Å². The maximum atomic E-state index is 10.7. The van der Waals surface area contributed by atoms with E-state index >= 15 is 0 Å². The van der Waals surface area contributed by atoms with Crippen LogP contribution < -0.4 is 35.1 Å². The van der Waals surface area contributed by atoms with Gasteiger partial charge < -0.3 is 4.98 Å². The second-order valence-corrected chi connectivity index (χ2v) is 2.99. The summed E-state index contributed by atoms with van der Waals surface area (Å²) in [5, 5.41) is 0. The maximum Gasteiger partial charge on any atom is 1.00 e. The van der Waals surface area contributed by atoms with E-state index in [2.05, 4.69) is 22.2 Å². The van der Waals surface area contributed by atoms with Crippen LogP contribution in [0.3, 0.4) is 0 Å². The van der Waals surface area contributed by atoms with E-state index in [9.17, 15) is 4.79 Å². The van der Waals surface area contributed by atoms with Gasteiger partial charge in [0.05, 0.1) is 3.57 Å². The second kappa shape index (κ2) is 4.66. The fourth-order valence-electron chi connectivity index (χ4n) is 0.393. The van der Waals surface area contributed by atoms with Gasteiger partial charge in [-0.25, -0.2) is 0 Å². The molecule has 0 spiro atoms. The van der Waals surface area contributed by atoms with E-state index in [1.807, 2.05) is 22.6 Å². The molecule has 0 aliphatic heterocycles. The summed E-state index contributed by atoms with van der Waals surface area (Å²) in [6.07, 6.45) is 1.57. The summed E-state index contributed by atoms with van der Waals surface area (Å²) in [7, 11) is 0. The molecule has 1 rings (SSSR count). The molecule has 0 unspecified atom stereocenters. The van der Waals surface area contributed by atoms with Crippen LogP contribution in [0.15, 0.2) is 11.0 Å². The molecule has 0 amide bonds. The van der Waals surface area contributed by atoms with Gasteiger partial charge in [0, 0.05) is 6.20 Å². The Morgan fingerprint density at radius 3 is 2.60 bits per heavy atom. The molecule has 0 aliphatic rings. The van der Waals surface area contributed by atoms with E-state index in [0.717, 1.165) is 0 Å². The van der Waals surface area contributed by atoms with Crippen LogP contribution in [-0.2, 0) is 0 Å². The number of aromatic amines is 2. The van der Waals surface area contributed by atoms with Crippen molar-refractivity contribution in [3.8, 4) is 0 Å². The van der Waals surface area contributed by atoms with Gasteiger partial charge in [0.1, 0.15) is 0 Å². The first-order valence-electron chi connectivity index (χ1n) is 2.17. The predicted octanol–water partition coefficient (Wildman–Crippen LogP) is -1.96. The maximum absolute atomic E-state index is 10.7. The van der Waals surface area contributed by atoms with Crippen molar-refractivity contribution in [2.24, 2.45) is 0 Å². The van der Waals surface area contributed by atoms with Crippen molar-refractivity contribution in [1.82, 2.24) is 9.97 Å². The summed E-state index contributed by atoms with van der Waals surface area (Å²) in [5.41, 5.74) is -0.139. The van der Waals surface area contributed by atoms with E-state index in [0.29, 0.717) is 8.34 Å². The average molecular weight is 277 g/mol. The van der Waals surface area contributed by atoms with Crippen LogP contribution in [0.5, 0.6) is 0 Å². The van der Waals surface area contributed by atoms with Gasteiger partial charge in [-0.2, -0.15) is 0 Å². The van der Waals surface area contributed by atoms with E-state index < -0.39 is 0 Å². The van der Waals surface area contributed by atoms with Gasteiger partial charge in [0.2, 0.25) is 0 Å². The van der Waals surface area contributed by atoms with Gasteiger partial charge in [-0.3, -0.25) is 9.78 Å². The topological polar surface area (TPSA) is 48.6 Å². The predicted molar refractivity (Wildman–Crippen MR) is 45.0 cm³/mol. The number of hydrogen-bond acceptors (Lipinski definition) is 2. The minimum atomic E-state index is -0.139. The summed E-state index contributed by atoms with van der Waals surface area (Å²) in [6.45, 7) is 0. The summed E-state index contributed by atoms with van der Waals surface area (Å²) >= 11 is 6.56. The summed E-state index contributed by atoms with van der Waals surface area (Å²) in [6, 6.07) is 0. The third kappa shape index (κ3) is 2.83. The van der Waals surface area contributed by atoms with Crippen LogP contribution in [0.1, 0.15) is 0 Å². The van der Waals surface area contributed by atoms with Crippen molar-refractivity contribution in [2.45, 2.75) is 0 Å². The van der Waals surface area contributed by atoms with Crippen molar-refractivity contribution in [3.63, 3.8) is 0 Å². The Morgan fingerprint density at radius 1 is 1.60 bits per heavy atom. The summed E-state index contributed by atoms with van der Waals surface area (Å²) in [4.78, 5) is 15.8. The molecule has 1 heterocycles. The number of halogens is 1. The summed E-state index contributed by atoms with van der Waals surface area (Å²) in [5.74, 6) is 0. The van der Waals surface area contributed by atoms with Gasteiger partial charge >= 0.3 is 29.6 Å². The molecule has 0 aromatic carbocycles. The number of H-pyrrole nitrogens is 2. The quantitative estimate of drug-likeness (QED) is 0.329. The fourth-order valence-corrected chi connectivity index (χ4v) is 0.836. The molecule has 0 radical (unpaired) electrons. The molecule has 0 saturated carbocycles. The molecule has 0 bridgehead atoms. The zero-order chi connectivity index (χ0) is 6.85. The monoisotopic (exact) mass is 277 g/mol. The Labute approximate surface area is 98.1 Å². The van der Waals surface area contributed by atoms with Gasteiger partial charge in [0.15, 0.2) is 4.77 Å². The molecule has 10 heavy (non-hydrogen) atoms. The second-order valence-electron chi connectivity index (χ2n) is 1.42. The van der Waals surface area contributed by atoms with Gasteiger partial charge in [-0.15, -0.1) is 0 Å². The molecule has 3 nitrogen and oxygen atoms in total. The Bertz CT molecular complexity index is 320. The SMILES string of the molecule is O=c1[nH]c(=S)[nH]cc1I.[Na+]. The zero-order valence-corrected chi connectivity index (χ0v) is 10.2. The van der Waals surface area contributed by atoms with Crippen molar-refractivity contribution in [3.05, 3.63) is 24.9 Å². The van der Waals surface area contributed by atoms with Crippen molar-refractivity contribution < 1.29 is 29.6 Å². The van der Waals surface area contributed by atoms with Crippen LogP contribution in [0.4, 0.5) is 0 Å². The van der Waals surface area contributed by atoms with E-state index in [-0.39, 0.29) is 35.1 Å². The zero-order valence-electron chi connectivity index (χ0n) is 5.27. The third-order valence-electron chi connectivity index (χ3n) is 0.774. The molecule has 2 N–H and O–H groups in total. The first kappa shape index (κ1) is 10.8. The number of aromatic nitrogens is 2. The molecule has 1 aromatic rings. The van der Waals surface area contributed by atoms with E-state index in [1.165, 1.54) is 0 Å². The minimum Gasteiger partial charge on any atom is -0.338 e. The van der Waals surface area contributed by atoms with E-state index in [4.69, 9.17) is 0 Å². The smallest absolute Gasteiger partial charge is 0.338 e. The van der Waals surface area contributed by atoms with Crippen LogP contribution in [-0.4, -0.2) is 9.97 Å². The number of hydrogen-bond donors (Lipinski definition) is 2. The average Bonchev–Trinajstić information content (AvgIpc) is 1.80. The first-order valence-corrected chi connectivity index (χ1v) is 3.66. The Balaban J connectivity index is 0.000000810. The Hall–Kier alpha value is 0.830. The molecule has 0 aliphatic carbocycles. The molecule has 1 aromatic heterocycles. The fraction of sp³-hybridized carbons (Fsp3) is 0.